The Morgan fingerprint density at radius 1 is 1.29 bits per heavy atom. The molecule has 2 rings (SSSR count). The third kappa shape index (κ3) is 3.40. The maximum atomic E-state index is 13.6. The van der Waals surface area contributed by atoms with Gasteiger partial charge in [0.05, 0.1) is 5.56 Å². The van der Waals surface area contributed by atoms with E-state index in [2.05, 4.69) is 0 Å². The molecular weight excluding hydrogens is 269 g/mol. The summed E-state index contributed by atoms with van der Waals surface area (Å²) in [6.45, 7) is 3.61. The van der Waals surface area contributed by atoms with Crippen LogP contribution in [-0.4, -0.2) is 17.9 Å². The second kappa shape index (κ2) is 5.95. The lowest BCUT2D eigenvalue weighted by Gasteiger charge is -2.21. The van der Waals surface area contributed by atoms with Crippen molar-refractivity contribution in [3.63, 3.8) is 0 Å². The van der Waals surface area contributed by atoms with Crippen molar-refractivity contribution in [3.8, 4) is 5.75 Å². The number of hydrogen-bond acceptors (Lipinski definition) is 3. The van der Waals surface area contributed by atoms with E-state index in [0.717, 1.165) is 17.3 Å². The van der Waals surface area contributed by atoms with E-state index in [9.17, 15) is 14.3 Å². The molecule has 0 atom stereocenters. The molecule has 0 saturated heterocycles. The van der Waals surface area contributed by atoms with Crippen molar-refractivity contribution < 1.29 is 14.3 Å². The highest BCUT2D eigenvalue weighted by molar-refractivity contribution is 5.97. The predicted molar refractivity (Wildman–Crippen MR) is 81.4 cm³/mol. The molecule has 0 amide bonds. The Morgan fingerprint density at radius 3 is 2.62 bits per heavy atom. The summed E-state index contributed by atoms with van der Waals surface area (Å²) in [5, 5.41) is 10.1. The fraction of sp³-hybridized carbons (Fsp3) is 0.235. The van der Waals surface area contributed by atoms with Gasteiger partial charge in [-0.15, -0.1) is 0 Å². The summed E-state index contributed by atoms with van der Waals surface area (Å²) in [6.07, 6.45) is 0. The minimum Gasteiger partial charge on any atom is -0.507 e. The van der Waals surface area contributed by atoms with Crippen LogP contribution < -0.4 is 4.90 Å². The molecule has 0 aliphatic heterocycles. The largest absolute Gasteiger partial charge is 0.507 e. The van der Waals surface area contributed by atoms with Crippen molar-refractivity contribution in [2.24, 2.45) is 0 Å². The summed E-state index contributed by atoms with van der Waals surface area (Å²) >= 11 is 0. The maximum absolute atomic E-state index is 13.6. The van der Waals surface area contributed by atoms with Crippen LogP contribution in [0.25, 0.3) is 0 Å². The van der Waals surface area contributed by atoms with E-state index in [4.69, 9.17) is 0 Å². The molecule has 4 heteroatoms. The number of aryl methyl sites for hydroxylation is 1. The van der Waals surface area contributed by atoms with Gasteiger partial charge in [-0.25, -0.2) is 4.39 Å². The van der Waals surface area contributed by atoms with E-state index < -0.39 is 5.82 Å². The lowest BCUT2D eigenvalue weighted by atomic mass is 10.0. The average molecular weight is 287 g/mol. The van der Waals surface area contributed by atoms with Crippen LogP contribution in [0, 0.1) is 12.7 Å². The fourth-order valence-corrected chi connectivity index (χ4v) is 2.26. The van der Waals surface area contributed by atoms with Gasteiger partial charge in [-0.3, -0.25) is 4.79 Å². The number of ketones is 1. The zero-order valence-electron chi connectivity index (χ0n) is 12.4. The van der Waals surface area contributed by atoms with E-state index in [1.165, 1.54) is 13.0 Å². The van der Waals surface area contributed by atoms with Crippen molar-refractivity contribution in [2.45, 2.75) is 20.4 Å². The quantitative estimate of drug-likeness (QED) is 0.872. The van der Waals surface area contributed by atoms with Gasteiger partial charge in [-0.05, 0) is 43.7 Å². The average Bonchev–Trinajstić information content (AvgIpc) is 2.42. The molecule has 0 heterocycles. The standard InChI is InChI=1S/C17H18FNO2/c1-11-5-4-6-15(7-11)19(3)10-13-8-14(18)9-16(12(2)20)17(13)21/h4-9,21H,10H2,1-3H3. The Morgan fingerprint density at radius 2 is 2.00 bits per heavy atom. The van der Waals surface area contributed by atoms with E-state index in [1.807, 2.05) is 43.1 Å². The third-order valence-electron chi connectivity index (χ3n) is 3.38. The molecule has 21 heavy (non-hydrogen) atoms. The van der Waals surface area contributed by atoms with Gasteiger partial charge in [0.15, 0.2) is 5.78 Å². The fourth-order valence-electron chi connectivity index (χ4n) is 2.26. The second-order valence-corrected chi connectivity index (χ2v) is 5.21. The minimum absolute atomic E-state index is 0.0163. The van der Waals surface area contributed by atoms with Crippen LogP contribution in [0.15, 0.2) is 36.4 Å². The van der Waals surface area contributed by atoms with Crippen LogP contribution in [0.3, 0.4) is 0 Å². The second-order valence-electron chi connectivity index (χ2n) is 5.21. The van der Waals surface area contributed by atoms with Gasteiger partial charge in [-0.2, -0.15) is 0 Å². The lowest BCUT2D eigenvalue weighted by Crippen LogP contribution is -2.17. The smallest absolute Gasteiger partial charge is 0.163 e. The molecule has 0 spiro atoms. The van der Waals surface area contributed by atoms with Crippen molar-refractivity contribution in [1.29, 1.82) is 0 Å². The number of phenols is 1. The minimum atomic E-state index is -0.523. The maximum Gasteiger partial charge on any atom is 0.163 e. The van der Waals surface area contributed by atoms with Crippen LogP contribution in [0.4, 0.5) is 10.1 Å². The van der Waals surface area contributed by atoms with Gasteiger partial charge < -0.3 is 10.0 Å². The number of anilines is 1. The summed E-state index contributed by atoms with van der Waals surface area (Å²) in [6, 6.07) is 10.2. The topological polar surface area (TPSA) is 40.5 Å². The third-order valence-corrected chi connectivity index (χ3v) is 3.38. The normalized spacial score (nSPS) is 10.5. The summed E-state index contributed by atoms with van der Waals surface area (Å²) < 4.78 is 13.6. The Hall–Kier alpha value is -2.36. The van der Waals surface area contributed by atoms with Gasteiger partial charge >= 0.3 is 0 Å². The molecule has 0 fully saturated rings. The van der Waals surface area contributed by atoms with E-state index >= 15 is 0 Å². The molecule has 2 aromatic rings. The number of rotatable bonds is 4. The molecule has 0 bridgehead atoms. The number of aromatic hydroxyl groups is 1. The first-order valence-electron chi connectivity index (χ1n) is 6.68. The van der Waals surface area contributed by atoms with E-state index in [-0.39, 0.29) is 17.1 Å². The Bertz CT molecular complexity index is 682. The summed E-state index contributed by atoms with van der Waals surface area (Å²) in [5.41, 5.74) is 2.49. The molecule has 0 radical (unpaired) electrons. The van der Waals surface area contributed by atoms with Crippen LogP contribution >= 0.6 is 0 Å². The number of nitrogens with zero attached hydrogens (tertiary/aromatic N) is 1. The van der Waals surface area contributed by atoms with Gasteiger partial charge in [0.1, 0.15) is 11.6 Å². The summed E-state index contributed by atoms with van der Waals surface area (Å²) in [5.74, 6) is -1.03. The molecule has 110 valence electrons. The zero-order chi connectivity index (χ0) is 15.6. The monoisotopic (exact) mass is 287 g/mol. The van der Waals surface area contributed by atoms with Crippen molar-refractivity contribution in [3.05, 3.63) is 58.9 Å². The molecule has 0 aromatic heterocycles. The predicted octanol–water partition coefficient (Wildman–Crippen LogP) is 3.68. The van der Waals surface area contributed by atoms with Crippen LogP contribution in [0.5, 0.6) is 5.75 Å². The number of carbonyl (C=O) groups excluding carboxylic acids is 1. The summed E-state index contributed by atoms with van der Waals surface area (Å²) in [7, 11) is 1.85. The van der Waals surface area contributed by atoms with Crippen molar-refractivity contribution >= 4 is 11.5 Å². The molecule has 0 saturated carbocycles. The molecule has 1 N–H and O–H groups in total. The van der Waals surface area contributed by atoms with Gasteiger partial charge in [0, 0.05) is 24.8 Å². The number of halogens is 1. The molecule has 0 unspecified atom stereocenters. The first kappa shape index (κ1) is 15.0. The van der Waals surface area contributed by atoms with Crippen molar-refractivity contribution in [2.75, 3.05) is 11.9 Å². The number of carbonyl (C=O) groups is 1. The van der Waals surface area contributed by atoms with Gasteiger partial charge in [-0.1, -0.05) is 12.1 Å². The molecule has 0 aliphatic carbocycles. The van der Waals surface area contributed by atoms with Gasteiger partial charge in [0.25, 0.3) is 0 Å². The highest BCUT2D eigenvalue weighted by atomic mass is 19.1. The zero-order valence-corrected chi connectivity index (χ0v) is 12.4. The number of hydrogen-bond donors (Lipinski definition) is 1. The first-order chi connectivity index (χ1) is 9.88. The van der Waals surface area contributed by atoms with E-state index in [1.54, 1.807) is 0 Å². The Balaban J connectivity index is 2.33. The van der Waals surface area contributed by atoms with Crippen LogP contribution in [-0.2, 0) is 6.54 Å². The Kier molecular flexibility index (Phi) is 4.26. The van der Waals surface area contributed by atoms with Crippen molar-refractivity contribution in [1.82, 2.24) is 0 Å². The van der Waals surface area contributed by atoms with Crippen LogP contribution in [0.2, 0.25) is 0 Å². The highest BCUT2D eigenvalue weighted by Gasteiger charge is 2.15. The summed E-state index contributed by atoms with van der Waals surface area (Å²) in [4.78, 5) is 13.3. The highest BCUT2D eigenvalue weighted by Crippen LogP contribution is 2.27. The number of phenolic OH excluding ortho intramolecular Hbond substituents is 1. The lowest BCUT2D eigenvalue weighted by molar-refractivity contribution is 0.101. The molecular formula is C17H18FNO2. The Labute approximate surface area is 123 Å². The molecule has 2 aromatic carbocycles. The SMILES string of the molecule is CC(=O)c1cc(F)cc(CN(C)c2cccc(C)c2)c1O. The van der Waals surface area contributed by atoms with Gasteiger partial charge in [0.2, 0.25) is 0 Å². The number of benzene rings is 2. The molecule has 3 nitrogen and oxygen atoms in total. The van der Waals surface area contributed by atoms with E-state index in [0.29, 0.717) is 12.1 Å². The van der Waals surface area contributed by atoms with Crippen LogP contribution in [0.1, 0.15) is 28.4 Å². The first-order valence-corrected chi connectivity index (χ1v) is 6.68. The number of Topliss-reactive ketones (excluding diaryl/α,β-unsaturated/α-hetero) is 1. The molecule has 0 aliphatic rings.